The predicted molar refractivity (Wildman–Crippen MR) is 64.0 cm³/mol. The fourth-order valence-corrected chi connectivity index (χ4v) is 1.53. The molecular formula is C12H24N2O2. The topological polar surface area (TPSA) is 64.3 Å². The summed E-state index contributed by atoms with van der Waals surface area (Å²) >= 11 is 0. The number of hydrogen-bond donors (Lipinski definition) is 2. The molecule has 16 heavy (non-hydrogen) atoms. The third-order valence-electron chi connectivity index (χ3n) is 2.97. The second-order valence-corrected chi connectivity index (χ2v) is 4.61. The van der Waals surface area contributed by atoms with E-state index in [4.69, 9.17) is 10.5 Å². The highest BCUT2D eigenvalue weighted by atomic mass is 16.5. The van der Waals surface area contributed by atoms with E-state index >= 15 is 0 Å². The van der Waals surface area contributed by atoms with Crippen molar-refractivity contribution in [3.63, 3.8) is 0 Å². The Balaban J connectivity index is 2.07. The maximum absolute atomic E-state index is 11.6. The first-order valence-electron chi connectivity index (χ1n) is 6.30. The number of unbranched alkanes of at least 4 members (excludes halogenated alkanes) is 1. The summed E-state index contributed by atoms with van der Waals surface area (Å²) < 4.78 is 5.40. The van der Waals surface area contributed by atoms with Gasteiger partial charge in [0.1, 0.15) is 6.10 Å². The maximum Gasteiger partial charge on any atom is 0.248 e. The van der Waals surface area contributed by atoms with Gasteiger partial charge in [0.2, 0.25) is 5.91 Å². The lowest BCUT2D eigenvalue weighted by Gasteiger charge is -2.15. The van der Waals surface area contributed by atoms with Crippen LogP contribution in [0.1, 0.15) is 39.5 Å². The van der Waals surface area contributed by atoms with Crippen LogP contribution in [-0.2, 0) is 9.53 Å². The Morgan fingerprint density at radius 1 is 1.56 bits per heavy atom. The number of rotatable bonds is 8. The Morgan fingerprint density at radius 2 is 2.25 bits per heavy atom. The Morgan fingerprint density at radius 3 is 2.81 bits per heavy atom. The van der Waals surface area contributed by atoms with E-state index in [0.717, 1.165) is 12.8 Å². The Bertz CT molecular complexity index is 217. The van der Waals surface area contributed by atoms with Gasteiger partial charge in [-0.2, -0.15) is 0 Å². The lowest BCUT2D eigenvalue weighted by molar-refractivity contribution is -0.131. The van der Waals surface area contributed by atoms with E-state index in [0.29, 0.717) is 19.1 Å². The second-order valence-electron chi connectivity index (χ2n) is 4.61. The third kappa shape index (κ3) is 4.94. The molecule has 0 aliphatic heterocycles. The van der Waals surface area contributed by atoms with Gasteiger partial charge in [0.15, 0.2) is 0 Å². The minimum Gasteiger partial charge on any atom is -0.369 e. The third-order valence-corrected chi connectivity index (χ3v) is 2.97. The van der Waals surface area contributed by atoms with Crippen LogP contribution in [0.3, 0.4) is 0 Å². The number of nitrogens with two attached hydrogens (primary N) is 1. The molecule has 1 aliphatic carbocycles. The van der Waals surface area contributed by atoms with Gasteiger partial charge in [-0.1, -0.05) is 13.3 Å². The van der Waals surface area contributed by atoms with Gasteiger partial charge >= 0.3 is 0 Å². The van der Waals surface area contributed by atoms with Crippen molar-refractivity contribution in [3.8, 4) is 0 Å². The SMILES string of the molecule is CCCCOC(C)C(=O)NCC(N)C1CC1. The Hall–Kier alpha value is -0.610. The van der Waals surface area contributed by atoms with E-state index in [1.54, 1.807) is 6.92 Å². The number of carbonyl (C=O) groups is 1. The van der Waals surface area contributed by atoms with Gasteiger partial charge in [-0.15, -0.1) is 0 Å². The van der Waals surface area contributed by atoms with Gasteiger partial charge in [-0.25, -0.2) is 0 Å². The summed E-state index contributed by atoms with van der Waals surface area (Å²) in [6.45, 7) is 5.11. The first-order chi connectivity index (χ1) is 7.65. The zero-order valence-electron chi connectivity index (χ0n) is 10.4. The summed E-state index contributed by atoms with van der Waals surface area (Å²) in [5, 5.41) is 2.84. The van der Waals surface area contributed by atoms with Crippen LogP contribution < -0.4 is 11.1 Å². The Kier molecular flexibility index (Phi) is 5.77. The molecule has 0 saturated heterocycles. The van der Waals surface area contributed by atoms with Crippen molar-refractivity contribution in [2.24, 2.45) is 11.7 Å². The highest BCUT2D eigenvalue weighted by molar-refractivity contribution is 5.80. The van der Waals surface area contributed by atoms with Gasteiger partial charge in [-0.05, 0) is 32.1 Å². The number of amides is 1. The zero-order chi connectivity index (χ0) is 12.0. The lowest BCUT2D eigenvalue weighted by Crippen LogP contribution is -2.42. The molecule has 4 heteroatoms. The normalized spacial score (nSPS) is 19.2. The highest BCUT2D eigenvalue weighted by Gasteiger charge is 2.28. The molecule has 1 rings (SSSR count). The molecule has 0 aromatic rings. The lowest BCUT2D eigenvalue weighted by atomic mass is 10.2. The van der Waals surface area contributed by atoms with E-state index in [2.05, 4.69) is 12.2 Å². The molecule has 3 N–H and O–H groups in total. The summed E-state index contributed by atoms with van der Waals surface area (Å²) in [5.41, 5.74) is 5.89. The van der Waals surface area contributed by atoms with Gasteiger partial charge in [-0.3, -0.25) is 4.79 Å². The molecule has 2 unspecified atom stereocenters. The molecular weight excluding hydrogens is 204 g/mol. The molecule has 1 saturated carbocycles. The van der Waals surface area contributed by atoms with Crippen LogP contribution in [0.25, 0.3) is 0 Å². The van der Waals surface area contributed by atoms with E-state index in [1.807, 2.05) is 0 Å². The molecule has 0 aromatic carbocycles. The van der Waals surface area contributed by atoms with Crippen molar-refractivity contribution in [1.29, 1.82) is 0 Å². The summed E-state index contributed by atoms with van der Waals surface area (Å²) in [6.07, 6.45) is 4.14. The molecule has 2 atom stereocenters. The van der Waals surface area contributed by atoms with Crippen LogP contribution in [0.4, 0.5) is 0 Å². The largest absolute Gasteiger partial charge is 0.369 e. The van der Waals surface area contributed by atoms with E-state index in [9.17, 15) is 4.79 Å². The fourth-order valence-electron chi connectivity index (χ4n) is 1.53. The monoisotopic (exact) mass is 228 g/mol. The predicted octanol–water partition coefficient (Wildman–Crippen LogP) is 1.05. The highest BCUT2D eigenvalue weighted by Crippen LogP contribution is 2.31. The number of carbonyl (C=O) groups excluding carboxylic acids is 1. The molecule has 1 amide bonds. The fraction of sp³-hybridized carbons (Fsp3) is 0.917. The van der Waals surface area contributed by atoms with Crippen molar-refractivity contribution < 1.29 is 9.53 Å². The van der Waals surface area contributed by atoms with Crippen LogP contribution in [-0.4, -0.2) is 31.2 Å². The summed E-state index contributed by atoms with van der Waals surface area (Å²) in [6, 6.07) is 0.117. The van der Waals surface area contributed by atoms with Crippen LogP contribution in [0.15, 0.2) is 0 Å². The smallest absolute Gasteiger partial charge is 0.248 e. The van der Waals surface area contributed by atoms with Crippen molar-refractivity contribution in [2.75, 3.05) is 13.2 Å². The van der Waals surface area contributed by atoms with E-state index in [-0.39, 0.29) is 18.1 Å². The standard InChI is InChI=1S/C12H24N2O2/c1-3-4-7-16-9(2)12(15)14-8-11(13)10-5-6-10/h9-11H,3-8,13H2,1-2H3,(H,14,15). The average Bonchev–Trinajstić information content (AvgIpc) is 3.09. The minimum absolute atomic E-state index is 0.0489. The molecule has 1 fully saturated rings. The first kappa shape index (κ1) is 13.5. The summed E-state index contributed by atoms with van der Waals surface area (Å²) in [4.78, 5) is 11.6. The minimum atomic E-state index is -0.363. The maximum atomic E-state index is 11.6. The molecule has 0 aromatic heterocycles. The summed E-state index contributed by atoms with van der Waals surface area (Å²) in [7, 11) is 0. The number of nitrogens with one attached hydrogen (secondary N) is 1. The zero-order valence-corrected chi connectivity index (χ0v) is 10.4. The van der Waals surface area contributed by atoms with Crippen molar-refractivity contribution in [2.45, 2.75) is 51.7 Å². The van der Waals surface area contributed by atoms with Gasteiger partial charge in [0, 0.05) is 19.2 Å². The van der Waals surface area contributed by atoms with Gasteiger partial charge in [0.25, 0.3) is 0 Å². The van der Waals surface area contributed by atoms with Crippen LogP contribution in [0.5, 0.6) is 0 Å². The van der Waals surface area contributed by atoms with Gasteiger partial charge < -0.3 is 15.8 Å². The van der Waals surface area contributed by atoms with Crippen LogP contribution >= 0.6 is 0 Å². The van der Waals surface area contributed by atoms with Crippen molar-refractivity contribution >= 4 is 5.91 Å². The van der Waals surface area contributed by atoms with Crippen LogP contribution in [0, 0.1) is 5.92 Å². The molecule has 0 bridgehead atoms. The van der Waals surface area contributed by atoms with Crippen molar-refractivity contribution in [1.82, 2.24) is 5.32 Å². The molecule has 4 nitrogen and oxygen atoms in total. The molecule has 0 radical (unpaired) electrons. The van der Waals surface area contributed by atoms with E-state index in [1.165, 1.54) is 12.8 Å². The van der Waals surface area contributed by atoms with Crippen molar-refractivity contribution in [3.05, 3.63) is 0 Å². The molecule has 94 valence electrons. The van der Waals surface area contributed by atoms with Gasteiger partial charge in [0.05, 0.1) is 0 Å². The molecule has 0 heterocycles. The number of ether oxygens (including phenoxy) is 1. The summed E-state index contributed by atoms with van der Waals surface area (Å²) in [5.74, 6) is 0.573. The second kappa shape index (κ2) is 6.86. The average molecular weight is 228 g/mol. The van der Waals surface area contributed by atoms with E-state index < -0.39 is 0 Å². The van der Waals surface area contributed by atoms with Crippen LogP contribution in [0.2, 0.25) is 0 Å². The first-order valence-corrected chi connectivity index (χ1v) is 6.30. The molecule has 1 aliphatic rings. The molecule has 0 spiro atoms. The quantitative estimate of drug-likeness (QED) is 0.610. The Labute approximate surface area is 97.9 Å². The number of hydrogen-bond acceptors (Lipinski definition) is 3.